The Labute approximate surface area is 380 Å². The van der Waals surface area contributed by atoms with Crippen molar-refractivity contribution in [2.75, 3.05) is 6.61 Å². The summed E-state index contributed by atoms with van der Waals surface area (Å²) in [5.41, 5.74) is 5.76. The van der Waals surface area contributed by atoms with Gasteiger partial charge in [-0.3, -0.25) is 14.6 Å². The number of amides is 2. The molecule has 4 heterocycles. The minimum absolute atomic E-state index is 0.0113. The number of carbonyl (C=O) groups excluding carboxylic acids is 2. The minimum Gasteiger partial charge on any atom is -0.489 e. The lowest BCUT2D eigenvalue weighted by Crippen LogP contribution is -2.56. The molecule has 0 radical (unpaired) electrons. The Morgan fingerprint density at radius 2 is 1.61 bits per heavy atom. The molecule has 0 bridgehead atoms. The maximum Gasteiger partial charge on any atom is 0.326 e. The normalized spacial score (nSPS) is 15.9. The summed E-state index contributed by atoms with van der Waals surface area (Å²) in [6.45, 7) is 9.85. The molecule has 0 unspecified atom stereocenters. The number of nitrogens with zero attached hydrogens (tertiary/aromatic N) is 3. The molecule has 2 N–H and O–H groups in total. The molecule has 330 valence electrons. The number of hydrogen-bond donors (Lipinski definition) is 2. The zero-order valence-electron chi connectivity index (χ0n) is 35.8. The van der Waals surface area contributed by atoms with Crippen LogP contribution in [0.25, 0.3) is 0 Å². The molecular formula is C49H46Cl2N4O9. The van der Waals surface area contributed by atoms with Crippen LogP contribution in [-0.4, -0.2) is 56.4 Å². The van der Waals surface area contributed by atoms with E-state index in [0.29, 0.717) is 62.6 Å². The molecule has 2 aliphatic heterocycles. The average Bonchev–Trinajstić information content (AvgIpc) is 3.69. The third-order valence-electron chi connectivity index (χ3n) is 11.4. The van der Waals surface area contributed by atoms with Crippen molar-refractivity contribution in [3.05, 3.63) is 158 Å². The number of hydrogen-bond acceptors (Lipinski definition) is 10. The fraction of sp³-hybridized carbons (Fsp3) is 0.286. The van der Waals surface area contributed by atoms with Gasteiger partial charge in [-0.2, -0.15) is 0 Å². The number of carboxylic acids is 1. The van der Waals surface area contributed by atoms with Crippen LogP contribution >= 0.6 is 23.2 Å². The number of pyridine rings is 1. The molecule has 0 saturated carbocycles. The number of carboxylic acid groups (broad SMARTS) is 1. The first-order chi connectivity index (χ1) is 30.7. The van der Waals surface area contributed by atoms with Crippen molar-refractivity contribution in [3.63, 3.8) is 0 Å². The van der Waals surface area contributed by atoms with Crippen molar-refractivity contribution < 1.29 is 42.9 Å². The Balaban J connectivity index is 0.994. The molecule has 64 heavy (non-hydrogen) atoms. The van der Waals surface area contributed by atoms with Crippen LogP contribution in [0.2, 0.25) is 10.0 Å². The lowest BCUT2D eigenvalue weighted by molar-refractivity contribution is -0.142. The predicted molar refractivity (Wildman–Crippen MR) is 239 cm³/mol. The van der Waals surface area contributed by atoms with E-state index in [0.717, 1.165) is 33.5 Å². The van der Waals surface area contributed by atoms with E-state index in [9.17, 15) is 19.5 Å². The van der Waals surface area contributed by atoms with Gasteiger partial charge in [0.1, 0.15) is 48.3 Å². The first-order valence-electron chi connectivity index (χ1n) is 20.8. The van der Waals surface area contributed by atoms with E-state index < -0.39 is 36.0 Å². The van der Waals surface area contributed by atoms with Crippen molar-refractivity contribution in [1.82, 2.24) is 20.2 Å². The van der Waals surface area contributed by atoms with E-state index >= 15 is 0 Å². The monoisotopic (exact) mass is 904 g/mol. The van der Waals surface area contributed by atoms with Gasteiger partial charge in [0.05, 0.1) is 10.0 Å². The molecule has 2 aliphatic rings. The van der Waals surface area contributed by atoms with Crippen molar-refractivity contribution >= 4 is 41.0 Å². The number of benzene rings is 4. The fourth-order valence-electron chi connectivity index (χ4n) is 7.59. The minimum atomic E-state index is -1.30. The summed E-state index contributed by atoms with van der Waals surface area (Å²) < 4.78 is 30.6. The van der Waals surface area contributed by atoms with Gasteiger partial charge in [0.15, 0.2) is 29.2 Å². The highest BCUT2D eigenvalue weighted by Gasteiger charge is 2.40. The summed E-state index contributed by atoms with van der Waals surface area (Å²) in [4.78, 5) is 51.6. The highest BCUT2D eigenvalue weighted by molar-refractivity contribution is 6.42. The van der Waals surface area contributed by atoms with Crippen molar-refractivity contribution in [1.29, 1.82) is 0 Å². The van der Waals surface area contributed by atoms with Gasteiger partial charge in [-0.1, -0.05) is 67.4 Å². The fourth-order valence-corrected chi connectivity index (χ4v) is 7.91. The number of halogens is 2. The highest BCUT2D eigenvalue weighted by atomic mass is 35.5. The molecule has 13 nitrogen and oxygen atoms in total. The van der Waals surface area contributed by atoms with E-state index in [1.807, 2.05) is 70.2 Å². The second kappa shape index (κ2) is 18.6. The van der Waals surface area contributed by atoms with E-state index in [2.05, 4.69) is 15.3 Å². The zero-order chi connectivity index (χ0) is 45.2. The lowest BCUT2D eigenvalue weighted by Gasteiger charge is -2.37. The van der Waals surface area contributed by atoms with E-state index in [-0.39, 0.29) is 37.6 Å². The number of rotatable bonds is 13. The summed E-state index contributed by atoms with van der Waals surface area (Å²) in [6, 6.07) is 23.0. The summed E-state index contributed by atoms with van der Waals surface area (Å²) >= 11 is 12.2. The zero-order valence-corrected chi connectivity index (χ0v) is 37.3. The summed E-state index contributed by atoms with van der Waals surface area (Å²) in [5.74, 6) is 1.13. The molecule has 3 atom stereocenters. The van der Waals surface area contributed by atoms with Crippen LogP contribution < -0.4 is 24.3 Å². The first kappa shape index (κ1) is 44.1. The van der Waals surface area contributed by atoms with Crippen LogP contribution in [0.1, 0.15) is 87.1 Å². The topological polar surface area (TPSA) is 163 Å². The second-order valence-corrected chi connectivity index (χ2v) is 17.0. The second-order valence-electron chi connectivity index (χ2n) is 16.2. The smallest absolute Gasteiger partial charge is 0.326 e. The molecule has 0 saturated heterocycles. The quantitative estimate of drug-likeness (QED) is 0.113. The van der Waals surface area contributed by atoms with Crippen LogP contribution in [0.4, 0.5) is 0 Å². The molecule has 15 heteroatoms. The van der Waals surface area contributed by atoms with Crippen LogP contribution in [-0.2, 0) is 35.6 Å². The Kier molecular flexibility index (Phi) is 12.8. The third kappa shape index (κ3) is 9.65. The van der Waals surface area contributed by atoms with E-state index in [1.165, 1.54) is 4.90 Å². The number of aromatic nitrogens is 2. The Bertz CT molecular complexity index is 2720. The van der Waals surface area contributed by atoms with Crippen LogP contribution in [0.15, 0.2) is 95.5 Å². The molecule has 8 rings (SSSR count). The third-order valence-corrected chi connectivity index (χ3v) is 12.1. The number of nitrogens with one attached hydrogen (secondary N) is 1. The predicted octanol–water partition coefficient (Wildman–Crippen LogP) is 9.69. The number of carbonyl (C=O) groups is 3. The number of fused-ring (bicyclic) bond motifs is 2. The Morgan fingerprint density at radius 1 is 0.891 bits per heavy atom. The van der Waals surface area contributed by atoms with Crippen LogP contribution in [0, 0.1) is 20.8 Å². The van der Waals surface area contributed by atoms with E-state index in [4.69, 9.17) is 46.6 Å². The van der Waals surface area contributed by atoms with Crippen LogP contribution in [0.5, 0.6) is 28.7 Å². The molecule has 2 amide bonds. The van der Waals surface area contributed by atoms with Crippen LogP contribution in [0.3, 0.4) is 0 Å². The van der Waals surface area contributed by atoms with Gasteiger partial charge in [0.25, 0.3) is 5.91 Å². The molecule has 2 aromatic heterocycles. The van der Waals surface area contributed by atoms with Gasteiger partial charge in [-0.25, -0.2) is 9.78 Å². The Morgan fingerprint density at radius 3 is 2.31 bits per heavy atom. The Hall–Kier alpha value is -6.57. The van der Waals surface area contributed by atoms with Gasteiger partial charge < -0.3 is 38.7 Å². The molecular weight excluding hydrogens is 859 g/mol. The maximum atomic E-state index is 14.4. The van der Waals surface area contributed by atoms with Crippen molar-refractivity contribution in [2.24, 2.45) is 0 Å². The van der Waals surface area contributed by atoms with Crippen molar-refractivity contribution in [3.8, 4) is 28.7 Å². The summed E-state index contributed by atoms with van der Waals surface area (Å²) in [6.07, 6.45) is 1.30. The molecule has 0 spiro atoms. The average molecular weight is 906 g/mol. The number of oxazole rings is 1. The van der Waals surface area contributed by atoms with E-state index in [1.54, 1.807) is 55.6 Å². The first-order valence-corrected chi connectivity index (χ1v) is 21.6. The molecule has 6 aromatic rings. The number of ether oxygens (including phenoxy) is 4. The van der Waals surface area contributed by atoms with Gasteiger partial charge in [-0.15, -0.1) is 0 Å². The molecule has 0 fully saturated rings. The highest BCUT2D eigenvalue weighted by Crippen LogP contribution is 2.41. The number of aliphatic carboxylic acids is 1. The largest absolute Gasteiger partial charge is 0.489 e. The number of aryl methyl sites for hydroxylation is 2. The van der Waals surface area contributed by atoms with Gasteiger partial charge in [-0.05, 0) is 103 Å². The lowest BCUT2D eigenvalue weighted by atomic mass is 9.91. The SMILES string of the molecule is Cc1nccc(Oc2ccc(C[C@H](NC(=O)[C@@H]3Cc4cc5c(cc4CN3C(=O)c3nc(C(C)C)oc3C)O[C@@H](c3ccc(OCc4ccc(Cl)c(Cl)c4)cc3)CO5)C(=O)O)cc2)c1C. The van der Waals surface area contributed by atoms with Gasteiger partial charge in [0.2, 0.25) is 5.91 Å². The molecule has 0 aliphatic carbocycles. The summed E-state index contributed by atoms with van der Waals surface area (Å²) in [5, 5.41) is 14.0. The standard InChI is InChI=1S/C49H46Cl2N4O9/c1-26(2)47-54-45(29(5)62-47)48(57)55-23-34-22-43-42(61-25-44(64-43)32-9-13-35(14-10-32)60-24-31-8-15-37(50)38(51)18-31)21-33(34)20-40(55)46(56)53-39(49(58)59)19-30-6-11-36(12-7-30)63-41-16-17-52-28(4)27(41)3/h6-18,21-22,26,39-40,44H,19-20,23-25H2,1-5H3,(H,53,56)(H,58,59)/t39-,40-,44+/m0/s1. The molecule has 4 aromatic carbocycles. The van der Waals surface area contributed by atoms with Gasteiger partial charge >= 0.3 is 5.97 Å². The summed E-state index contributed by atoms with van der Waals surface area (Å²) in [7, 11) is 0. The maximum absolute atomic E-state index is 14.4. The van der Waals surface area contributed by atoms with Gasteiger partial charge in [0, 0.05) is 42.8 Å². The van der Waals surface area contributed by atoms with Crippen molar-refractivity contribution in [2.45, 2.75) is 84.7 Å².